The highest BCUT2D eigenvalue weighted by Crippen LogP contribution is 2.23. The minimum Gasteiger partial charge on any atom is -0.386 e. The molecule has 2 amide bonds. The number of aliphatic hydroxyl groups is 1. The number of hydrogen-bond acceptors (Lipinski definition) is 6. The largest absolute Gasteiger partial charge is 0.386 e. The molecule has 0 aliphatic carbocycles. The predicted molar refractivity (Wildman–Crippen MR) is 89.6 cm³/mol. The van der Waals surface area contributed by atoms with Crippen LogP contribution in [-0.4, -0.2) is 47.1 Å². The zero-order valence-electron chi connectivity index (χ0n) is 12.6. The van der Waals surface area contributed by atoms with Crippen LogP contribution in [0.5, 0.6) is 0 Å². The first-order valence-corrected chi connectivity index (χ1v) is 7.44. The minimum absolute atomic E-state index is 0.161. The summed E-state index contributed by atoms with van der Waals surface area (Å²) >= 11 is 5.97. The summed E-state index contributed by atoms with van der Waals surface area (Å²) in [5, 5.41) is 16.9. The predicted octanol–water partition coefficient (Wildman–Crippen LogP) is -0.342. The maximum atomic E-state index is 12.3. The van der Waals surface area contributed by atoms with Crippen molar-refractivity contribution < 1.29 is 14.7 Å². The number of hydrazine groups is 1. The lowest BCUT2D eigenvalue weighted by atomic mass is 10.1. The second-order valence-electron chi connectivity index (χ2n) is 4.86. The van der Waals surface area contributed by atoms with Gasteiger partial charge < -0.3 is 15.8 Å². The Morgan fingerprint density at radius 2 is 2.33 bits per heavy atom. The van der Waals surface area contributed by atoms with Gasteiger partial charge in [-0.2, -0.15) is 5.10 Å². The lowest BCUT2D eigenvalue weighted by molar-refractivity contribution is -0.141. The fourth-order valence-electron chi connectivity index (χ4n) is 2.17. The Morgan fingerprint density at radius 3 is 3.04 bits per heavy atom. The number of carbonyl (C=O) groups is 2. The number of amides is 2. The van der Waals surface area contributed by atoms with Crippen molar-refractivity contribution >= 4 is 41.7 Å². The third-order valence-electron chi connectivity index (χ3n) is 3.30. The summed E-state index contributed by atoms with van der Waals surface area (Å²) in [6.07, 6.45) is 3.05. The van der Waals surface area contributed by atoms with Gasteiger partial charge in [-0.15, -0.1) is 0 Å². The Bertz CT molecular complexity index is 678. The molecule has 1 heterocycles. The number of hydrogen-bond donors (Lipinski definition) is 4. The van der Waals surface area contributed by atoms with Gasteiger partial charge in [-0.3, -0.25) is 9.59 Å². The summed E-state index contributed by atoms with van der Waals surface area (Å²) < 4.78 is 0. The quantitative estimate of drug-likeness (QED) is 0.240. The lowest BCUT2D eigenvalue weighted by Crippen LogP contribution is -2.45. The highest BCUT2D eigenvalue weighted by Gasteiger charge is 2.32. The van der Waals surface area contributed by atoms with Gasteiger partial charge in [0.1, 0.15) is 19.0 Å². The van der Waals surface area contributed by atoms with E-state index in [4.69, 9.17) is 22.6 Å². The number of carbonyl (C=O) groups excluding carboxylic acids is 2. The third kappa shape index (κ3) is 4.28. The fraction of sp³-hybridized carbons (Fsp3) is 0.286. The van der Waals surface area contributed by atoms with Crippen molar-refractivity contribution in [3.05, 3.63) is 28.8 Å². The van der Waals surface area contributed by atoms with Gasteiger partial charge in [0.15, 0.2) is 0 Å². The summed E-state index contributed by atoms with van der Waals surface area (Å²) in [6, 6.07) is 4.26. The summed E-state index contributed by atoms with van der Waals surface area (Å²) in [4.78, 5) is 27.9. The summed E-state index contributed by atoms with van der Waals surface area (Å²) in [5.41, 5.74) is 3.56. The average molecular weight is 353 g/mol. The Hall–Kier alpha value is -2.49. The molecule has 0 fully saturated rings. The molecule has 1 aliphatic heterocycles. The molecule has 1 aliphatic rings. The van der Waals surface area contributed by atoms with Crippen molar-refractivity contribution in [3.8, 4) is 0 Å². The van der Waals surface area contributed by atoms with Crippen LogP contribution in [0.3, 0.4) is 0 Å². The molecule has 0 saturated carbocycles. The van der Waals surface area contributed by atoms with E-state index in [1.54, 1.807) is 18.2 Å². The Balaban J connectivity index is 2.05. The van der Waals surface area contributed by atoms with E-state index >= 15 is 0 Å². The van der Waals surface area contributed by atoms with Crippen LogP contribution >= 0.6 is 11.6 Å². The molecule has 0 bridgehead atoms. The number of hydrazone groups is 1. The van der Waals surface area contributed by atoms with Crippen LogP contribution in [0.15, 0.2) is 28.3 Å². The number of halogens is 1. The topological polar surface area (TPSA) is 132 Å². The van der Waals surface area contributed by atoms with Crippen molar-refractivity contribution in [2.24, 2.45) is 15.9 Å². The van der Waals surface area contributed by atoms with Crippen molar-refractivity contribution in [1.29, 1.82) is 0 Å². The van der Waals surface area contributed by atoms with Crippen LogP contribution in [0.25, 0.3) is 0 Å². The van der Waals surface area contributed by atoms with Crippen LogP contribution < -0.4 is 16.6 Å². The highest BCUT2D eigenvalue weighted by molar-refractivity contribution is 6.30. The van der Waals surface area contributed by atoms with Crippen molar-refractivity contribution in [1.82, 2.24) is 15.8 Å². The number of aliphatic hydroxyl groups excluding tert-OH is 1. The molecule has 128 valence electrons. The highest BCUT2D eigenvalue weighted by atomic mass is 35.5. The first kappa shape index (κ1) is 17.9. The van der Waals surface area contributed by atoms with E-state index in [1.165, 1.54) is 12.6 Å². The van der Waals surface area contributed by atoms with Gasteiger partial charge >= 0.3 is 0 Å². The SMILES string of the molecule is NNC=Nc1ccc(Cl)cc1CNC(=O)C1CC=NN1C(=O)CO. The molecule has 5 N–H and O–H groups in total. The van der Waals surface area contributed by atoms with Gasteiger partial charge in [-0.05, 0) is 23.8 Å². The van der Waals surface area contributed by atoms with Gasteiger partial charge in [0.05, 0.1) is 5.69 Å². The number of rotatable bonds is 6. The number of nitrogens with two attached hydrogens (primary N) is 1. The molecular weight excluding hydrogens is 336 g/mol. The van der Waals surface area contributed by atoms with Crippen LogP contribution in [0.4, 0.5) is 5.69 Å². The molecule has 24 heavy (non-hydrogen) atoms. The molecule has 0 radical (unpaired) electrons. The summed E-state index contributed by atoms with van der Waals surface area (Å²) in [7, 11) is 0. The van der Waals surface area contributed by atoms with Crippen LogP contribution in [0, 0.1) is 0 Å². The van der Waals surface area contributed by atoms with E-state index in [0.29, 0.717) is 16.3 Å². The monoisotopic (exact) mass is 352 g/mol. The second-order valence-corrected chi connectivity index (χ2v) is 5.30. The zero-order valence-corrected chi connectivity index (χ0v) is 13.4. The first-order chi connectivity index (χ1) is 11.6. The van der Waals surface area contributed by atoms with E-state index in [1.807, 2.05) is 0 Å². The smallest absolute Gasteiger partial charge is 0.269 e. The molecule has 1 aromatic rings. The van der Waals surface area contributed by atoms with E-state index in [2.05, 4.69) is 20.8 Å². The standard InChI is InChI=1S/C14H17ClN6O3/c15-10-1-2-11(18-8-19-16)9(5-10)6-17-14(24)12-3-4-20-21(12)13(23)7-22/h1-2,4-5,8,12,22H,3,6-7,16H2,(H,17,24)(H,18,19). The van der Waals surface area contributed by atoms with Gasteiger partial charge in [0, 0.05) is 24.2 Å². The zero-order chi connectivity index (χ0) is 17.5. The molecule has 1 atom stereocenters. The molecule has 9 nitrogen and oxygen atoms in total. The van der Waals surface area contributed by atoms with E-state index < -0.39 is 18.6 Å². The molecule has 1 aromatic carbocycles. The lowest BCUT2D eigenvalue weighted by Gasteiger charge is -2.20. The summed E-state index contributed by atoms with van der Waals surface area (Å²) in [5.74, 6) is 4.13. The molecule has 0 saturated heterocycles. The van der Waals surface area contributed by atoms with Gasteiger partial charge in [-0.25, -0.2) is 15.8 Å². The number of aliphatic imine (C=N–C) groups is 1. The van der Waals surface area contributed by atoms with Gasteiger partial charge in [0.2, 0.25) is 5.91 Å². The minimum atomic E-state index is -0.776. The van der Waals surface area contributed by atoms with Crippen molar-refractivity contribution in [2.45, 2.75) is 19.0 Å². The van der Waals surface area contributed by atoms with Gasteiger partial charge in [0.25, 0.3) is 5.91 Å². The van der Waals surface area contributed by atoms with E-state index in [9.17, 15) is 9.59 Å². The third-order valence-corrected chi connectivity index (χ3v) is 3.53. The van der Waals surface area contributed by atoms with Crippen molar-refractivity contribution in [2.75, 3.05) is 6.61 Å². The Labute approximate surface area is 143 Å². The second kappa shape index (κ2) is 8.39. The van der Waals surface area contributed by atoms with Crippen LogP contribution in [0.1, 0.15) is 12.0 Å². The number of nitrogens with one attached hydrogen (secondary N) is 2. The normalized spacial score (nSPS) is 16.6. The number of benzene rings is 1. The van der Waals surface area contributed by atoms with Crippen LogP contribution in [-0.2, 0) is 16.1 Å². The first-order valence-electron chi connectivity index (χ1n) is 7.07. The Morgan fingerprint density at radius 1 is 1.54 bits per heavy atom. The fourth-order valence-corrected chi connectivity index (χ4v) is 2.37. The van der Waals surface area contributed by atoms with E-state index in [-0.39, 0.29) is 18.9 Å². The maximum absolute atomic E-state index is 12.3. The molecule has 0 spiro atoms. The maximum Gasteiger partial charge on any atom is 0.269 e. The average Bonchev–Trinajstić information content (AvgIpc) is 3.08. The summed E-state index contributed by atoms with van der Waals surface area (Å²) in [6.45, 7) is -0.547. The Kier molecular flexibility index (Phi) is 6.24. The van der Waals surface area contributed by atoms with E-state index in [0.717, 1.165) is 5.01 Å². The molecule has 2 rings (SSSR count). The molecular formula is C14H17ClN6O3. The molecule has 0 aromatic heterocycles. The van der Waals surface area contributed by atoms with Crippen LogP contribution in [0.2, 0.25) is 5.02 Å². The van der Waals surface area contributed by atoms with Gasteiger partial charge in [-0.1, -0.05) is 11.6 Å². The molecule has 1 unspecified atom stereocenters. The number of nitrogens with zero attached hydrogens (tertiary/aromatic N) is 3. The molecule has 10 heteroatoms. The van der Waals surface area contributed by atoms with Crippen molar-refractivity contribution in [3.63, 3.8) is 0 Å².